The molecular formula is C21H23N3O2. The fourth-order valence-electron chi connectivity index (χ4n) is 4.00. The molecule has 0 saturated carbocycles. The molecule has 1 aliphatic rings. The van der Waals surface area contributed by atoms with Crippen LogP contribution in [0.2, 0.25) is 0 Å². The van der Waals surface area contributed by atoms with Gasteiger partial charge in [0.05, 0.1) is 0 Å². The quantitative estimate of drug-likeness (QED) is 0.559. The smallest absolute Gasteiger partial charge is 0.274 e. The zero-order valence-corrected chi connectivity index (χ0v) is 14.9. The zero-order chi connectivity index (χ0) is 18.1. The summed E-state index contributed by atoms with van der Waals surface area (Å²) in [5, 5.41) is 10.1. The van der Waals surface area contributed by atoms with E-state index in [0.717, 1.165) is 18.7 Å². The Balaban J connectivity index is 1.67. The topological polar surface area (TPSA) is 57.5 Å². The van der Waals surface area contributed by atoms with E-state index in [1.165, 1.54) is 29.3 Å². The minimum absolute atomic E-state index is 0.446. The van der Waals surface area contributed by atoms with Gasteiger partial charge in [0.15, 0.2) is 0 Å². The van der Waals surface area contributed by atoms with E-state index in [1.807, 2.05) is 12.1 Å². The van der Waals surface area contributed by atoms with Crippen LogP contribution in [-0.2, 0) is 6.54 Å². The van der Waals surface area contributed by atoms with Gasteiger partial charge in [0.2, 0.25) is 0 Å². The molecule has 1 amide bonds. The van der Waals surface area contributed by atoms with Gasteiger partial charge >= 0.3 is 0 Å². The van der Waals surface area contributed by atoms with Crippen molar-refractivity contribution in [1.29, 1.82) is 0 Å². The van der Waals surface area contributed by atoms with Gasteiger partial charge in [0, 0.05) is 35.2 Å². The van der Waals surface area contributed by atoms with Crippen molar-refractivity contribution in [3.05, 3.63) is 71.4 Å². The van der Waals surface area contributed by atoms with E-state index in [0.29, 0.717) is 11.6 Å². The molecule has 1 aromatic heterocycles. The van der Waals surface area contributed by atoms with Crippen molar-refractivity contribution in [2.75, 3.05) is 13.6 Å². The number of likely N-dealkylation sites (tertiary alicyclic amines) is 1. The number of amides is 1. The molecule has 1 saturated heterocycles. The number of rotatable bonds is 4. The lowest BCUT2D eigenvalue weighted by atomic mass is 10.0. The summed E-state index contributed by atoms with van der Waals surface area (Å²) >= 11 is 0. The molecule has 0 spiro atoms. The molecule has 2 N–H and O–H groups in total. The summed E-state index contributed by atoms with van der Waals surface area (Å²) in [5.74, 6) is -0.491. The molecule has 1 atom stereocenters. The van der Waals surface area contributed by atoms with Gasteiger partial charge in [0.1, 0.15) is 0 Å². The van der Waals surface area contributed by atoms with E-state index in [1.54, 1.807) is 17.6 Å². The summed E-state index contributed by atoms with van der Waals surface area (Å²) in [6.45, 7) is 1.90. The Morgan fingerprint density at radius 3 is 2.65 bits per heavy atom. The number of aromatic nitrogens is 1. The van der Waals surface area contributed by atoms with Crippen molar-refractivity contribution in [1.82, 2.24) is 14.9 Å². The van der Waals surface area contributed by atoms with Crippen molar-refractivity contribution in [2.24, 2.45) is 0 Å². The van der Waals surface area contributed by atoms with Crippen LogP contribution in [0.15, 0.2) is 54.7 Å². The minimum Gasteiger partial charge on any atom is -0.343 e. The Bertz CT molecular complexity index is 930. The first-order chi connectivity index (χ1) is 12.7. The first-order valence-electron chi connectivity index (χ1n) is 8.99. The fourth-order valence-corrected chi connectivity index (χ4v) is 4.00. The number of fused-ring (bicyclic) bond motifs is 1. The summed E-state index contributed by atoms with van der Waals surface area (Å²) in [7, 11) is 2.20. The molecule has 0 aliphatic carbocycles. The maximum atomic E-state index is 11.5. The average molecular weight is 349 g/mol. The third-order valence-corrected chi connectivity index (χ3v) is 5.37. The van der Waals surface area contributed by atoms with E-state index in [9.17, 15) is 4.79 Å². The molecule has 5 heteroatoms. The number of hydrogen-bond acceptors (Lipinski definition) is 3. The van der Waals surface area contributed by atoms with Crippen LogP contribution in [0, 0.1) is 0 Å². The van der Waals surface area contributed by atoms with E-state index in [4.69, 9.17) is 5.21 Å². The molecule has 134 valence electrons. The number of carbonyl (C=O) groups is 1. The molecule has 0 bridgehead atoms. The standard InChI is InChI=1S/C21H23N3O2/c1-23-12-4-7-19(23)18-14-24(20-6-3-2-5-17(18)20)13-15-8-10-16(11-9-15)21(25)22-26/h2-3,5-6,8-11,14,19,26H,4,7,12-13H2,1H3,(H,22,25). The molecule has 1 fully saturated rings. The van der Waals surface area contributed by atoms with Crippen LogP contribution in [0.1, 0.15) is 40.4 Å². The number of carbonyl (C=O) groups excluding carboxylic acids is 1. The summed E-state index contributed by atoms with van der Waals surface area (Å²) in [6.07, 6.45) is 4.73. The van der Waals surface area contributed by atoms with Crippen LogP contribution >= 0.6 is 0 Å². The third kappa shape index (κ3) is 3.00. The average Bonchev–Trinajstić information content (AvgIpc) is 3.25. The summed E-state index contributed by atoms with van der Waals surface area (Å²) in [6, 6.07) is 16.4. The number of hydroxylamine groups is 1. The van der Waals surface area contributed by atoms with E-state index >= 15 is 0 Å². The second-order valence-corrected chi connectivity index (χ2v) is 7.01. The number of hydrogen-bond donors (Lipinski definition) is 2. The Labute approximate surface area is 152 Å². The normalized spacial score (nSPS) is 17.7. The highest BCUT2D eigenvalue weighted by Gasteiger charge is 2.25. The van der Waals surface area contributed by atoms with Gasteiger partial charge in [-0.15, -0.1) is 0 Å². The third-order valence-electron chi connectivity index (χ3n) is 5.37. The highest BCUT2D eigenvalue weighted by atomic mass is 16.5. The monoisotopic (exact) mass is 349 g/mol. The lowest BCUT2D eigenvalue weighted by molar-refractivity contribution is 0.0706. The van der Waals surface area contributed by atoms with E-state index in [2.05, 4.69) is 47.0 Å². The maximum absolute atomic E-state index is 11.5. The molecule has 1 aliphatic heterocycles. The van der Waals surface area contributed by atoms with Crippen molar-refractivity contribution in [2.45, 2.75) is 25.4 Å². The molecule has 4 rings (SSSR count). The van der Waals surface area contributed by atoms with Gasteiger partial charge < -0.3 is 4.57 Å². The van der Waals surface area contributed by atoms with Crippen LogP contribution in [0.25, 0.3) is 10.9 Å². The van der Waals surface area contributed by atoms with Crippen LogP contribution < -0.4 is 5.48 Å². The molecular weight excluding hydrogens is 326 g/mol. The Morgan fingerprint density at radius 1 is 1.19 bits per heavy atom. The highest BCUT2D eigenvalue weighted by molar-refractivity contribution is 5.93. The van der Waals surface area contributed by atoms with Crippen LogP contribution in [-0.4, -0.2) is 34.2 Å². The van der Waals surface area contributed by atoms with Gasteiger partial charge in [-0.1, -0.05) is 30.3 Å². The van der Waals surface area contributed by atoms with E-state index in [-0.39, 0.29) is 0 Å². The Hall–Kier alpha value is -2.63. The zero-order valence-electron chi connectivity index (χ0n) is 14.9. The van der Waals surface area contributed by atoms with Crippen molar-refractivity contribution in [3.63, 3.8) is 0 Å². The molecule has 26 heavy (non-hydrogen) atoms. The van der Waals surface area contributed by atoms with Gasteiger partial charge in [-0.3, -0.25) is 14.9 Å². The SMILES string of the molecule is CN1CCCC1c1cn(Cc2ccc(C(=O)NO)cc2)c2ccccc12. The van der Waals surface area contributed by atoms with Gasteiger partial charge in [-0.25, -0.2) is 5.48 Å². The van der Waals surface area contributed by atoms with Crippen LogP contribution in [0.5, 0.6) is 0 Å². The lowest BCUT2D eigenvalue weighted by Crippen LogP contribution is -2.18. The highest BCUT2D eigenvalue weighted by Crippen LogP contribution is 2.36. The van der Waals surface area contributed by atoms with Crippen LogP contribution in [0.4, 0.5) is 0 Å². The molecule has 2 heterocycles. The first kappa shape index (κ1) is 16.8. The predicted molar refractivity (Wildman–Crippen MR) is 101 cm³/mol. The number of nitrogens with one attached hydrogen (secondary N) is 1. The summed E-state index contributed by atoms with van der Waals surface area (Å²) in [5.41, 5.74) is 5.86. The molecule has 5 nitrogen and oxygen atoms in total. The number of nitrogens with zero attached hydrogens (tertiary/aromatic N) is 2. The number of para-hydroxylation sites is 1. The second kappa shape index (κ2) is 6.94. The second-order valence-electron chi connectivity index (χ2n) is 7.01. The minimum atomic E-state index is -0.491. The molecule has 3 aromatic rings. The number of benzene rings is 2. The maximum Gasteiger partial charge on any atom is 0.274 e. The molecule has 2 aromatic carbocycles. The largest absolute Gasteiger partial charge is 0.343 e. The van der Waals surface area contributed by atoms with Gasteiger partial charge in [-0.2, -0.15) is 0 Å². The van der Waals surface area contributed by atoms with Gasteiger partial charge in [-0.05, 0) is 55.8 Å². The van der Waals surface area contributed by atoms with Gasteiger partial charge in [0.25, 0.3) is 5.91 Å². The predicted octanol–water partition coefficient (Wildman–Crippen LogP) is 3.58. The van der Waals surface area contributed by atoms with Crippen molar-refractivity contribution < 1.29 is 10.0 Å². The summed E-state index contributed by atoms with van der Waals surface area (Å²) in [4.78, 5) is 13.9. The fraction of sp³-hybridized carbons (Fsp3) is 0.286. The van der Waals surface area contributed by atoms with Crippen molar-refractivity contribution in [3.8, 4) is 0 Å². The molecule has 1 unspecified atom stereocenters. The van der Waals surface area contributed by atoms with E-state index < -0.39 is 5.91 Å². The van der Waals surface area contributed by atoms with Crippen molar-refractivity contribution >= 4 is 16.8 Å². The molecule has 0 radical (unpaired) electrons. The first-order valence-corrected chi connectivity index (χ1v) is 8.99. The summed E-state index contributed by atoms with van der Waals surface area (Å²) < 4.78 is 2.29. The lowest BCUT2D eigenvalue weighted by Gasteiger charge is -2.18. The van der Waals surface area contributed by atoms with Crippen LogP contribution in [0.3, 0.4) is 0 Å². The Morgan fingerprint density at radius 2 is 1.96 bits per heavy atom. The Kier molecular flexibility index (Phi) is 4.49.